The second kappa shape index (κ2) is 3.16. The summed E-state index contributed by atoms with van der Waals surface area (Å²) in [6.07, 6.45) is 7.66. The lowest BCUT2D eigenvalue weighted by Crippen LogP contribution is -2.15. The van der Waals surface area contributed by atoms with Gasteiger partial charge in [0.25, 0.3) is 0 Å². The maximum Gasteiger partial charge on any atom is 0.0269 e. The Morgan fingerprint density at radius 3 is 2.64 bits per heavy atom. The SMILES string of the molecule is C(=C1CCCN1)N1CCCC1. The van der Waals surface area contributed by atoms with E-state index < -0.39 is 0 Å². The van der Waals surface area contributed by atoms with E-state index in [9.17, 15) is 0 Å². The summed E-state index contributed by atoms with van der Waals surface area (Å²) in [6.45, 7) is 3.72. The summed E-state index contributed by atoms with van der Waals surface area (Å²) >= 11 is 0. The van der Waals surface area contributed by atoms with Crippen LogP contribution in [0.4, 0.5) is 0 Å². The van der Waals surface area contributed by atoms with Gasteiger partial charge in [0.2, 0.25) is 0 Å². The predicted octanol–water partition coefficient (Wildman–Crippen LogP) is 1.31. The van der Waals surface area contributed by atoms with Crippen molar-refractivity contribution in [3.8, 4) is 0 Å². The normalized spacial score (nSPS) is 28.0. The second-order valence-corrected chi connectivity index (χ2v) is 3.43. The van der Waals surface area contributed by atoms with Crippen LogP contribution in [0, 0.1) is 0 Å². The molecule has 0 atom stereocenters. The van der Waals surface area contributed by atoms with Crippen LogP contribution in [0.5, 0.6) is 0 Å². The number of rotatable bonds is 1. The summed E-state index contributed by atoms with van der Waals surface area (Å²) in [5.41, 5.74) is 1.45. The van der Waals surface area contributed by atoms with Gasteiger partial charge in [-0.2, -0.15) is 0 Å². The monoisotopic (exact) mass is 152 g/mol. The lowest BCUT2D eigenvalue weighted by atomic mass is 10.3. The molecule has 2 fully saturated rings. The Kier molecular flexibility index (Phi) is 2.01. The zero-order chi connectivity index (χ0) is 7.52. The molecule has 0 saturated carbocycles. The molecule has 0 aromatic heterocycles. The van der Waals surface area contributed by atoms with Gasteiger partial charge in [0.05, 0.1) is 0 Å². The molecule has 2 heteroatoms. The van der Waals surface area contributed by atoms with E-state index in [1.807, 2.05) is 0 Å². The molecule has 0 amide bonds. The lowest BCUT2D eigenvalue weighted by Gasteiger charge is -2.12. The van der Waals surface area contributed by atoms with Crippen molar-refractivity contribution in [2.24, 2.45) is 0 Å². The van der Waals surface area contributed by atoms with Crippen LogP contribution in [-0.4, -0.2) is 24.5 Å². The number of hydrogen-bond acceptors (Lipinski definition) is 2. The van der Waals surface area contributed by atoms with Gasteiger partial charge in [-0.25, -0.2) is 0 Å². The van der Waals surface area contributed by atoms with Crippen molar-refractivity contribution in [1.82, 2.24) is 10.2 Å². The molecule has 2 rings (SSSR count). The topological polar surface area (TPSA) is 15.3 Å². The maximum absolute atomic E-state index is 3.40. The Balaban J connectivity index is 1.89. The van der Waals surface area contributed by atoms with Crippen LogP contribution in [0.1, 0.15) is 25.7 Å². The number of likely N-dealkylation sites (tertiary alicyclic amines) is 1. The average molecular weight is 152 g/mol. The molecule has 2 aliphatic heterocycles. The van der Waals surface area contributed by atoms with E-state index in [1.165, 1.54) is 51.0 Å². The van der Waals surface area contributed by atoms with Gasteiger partial charge in [-0.05, 0) is 25.7 Å². The molecule has 0 bridgehead atoms. The first-order valence-corrected chi connectivity index (χ1v) is 4.64. The average Bonchev–Trinajstić information content (AvgIpc) is 2.60. The molecular formula is C9H16N2. The van der Waals surface area contributed by atoms with E-state index in [-0.39, 0.29) is 0 Å². The van der Waals surface area contributed by atoms with Crippen molar-refractivity contribution >= 4 is 0 Å². The second-order valence-electron chi connectivity index (χ2n) is 3.43. The molecule has 2 aliphatic rings. The Morgan fingerprint density at radius 1 is 1.18 bits per heavy atom. The van der Waals surface area contributed by atoms with Crippen LogP contribution in [0.2, 0.25) is 0 Å². The van der Waals surface area contributed by atoms with Crippen molar-refractivity contribution < 1.29 is 0 Å². The van der Waals surface area contributed by atoms with Gasteiger partial charge in [0.1, 0.15) is 0 Å². The highest BCUT2D eigenvalue weighted by molar-refractivity contribution is 5.03. The fraction of sp³-hybridized carbons (Fsp3) is 0.778. The maximum atomic E-state index is 3.40. The fourth-order valence-corrected chi connectivity index (χ4v) is 1.82. The van der Waals surface area contributed by atoms with Crippen LogP contribution in [0.25, 0.3) is 0 Å². The first-order valence-electron chi connectivity index (χ1n) is 4.64. The zero-order valence-corrected chi connectivity index (χ0v) is 6.97. The van der Waals surface area contributed by atoms with E-state index >= 15 is 0 Å². The van der Waals surface area contributed by atoms with E-state index in [4.69, 9.17) is 0 Å². The van der Waals surface area contributed by atoms with Crippen LogP contribution in [-0.2, 0) is 0 Å². The highest BCUT2D eigenvalue weighted by Gasteiger charge is 2.10. The van der Waals surface area contributed by atoms with E-state index in [0.29, 0.717) is 0 Å². The van der Waals surface area contributed by atoms with Crippen LogP contribution < -0.4 is 5.32 Å². The minimum Gasteiger partial charge on any atom is -0.387 e. The van der Waals surface area contributed by atoms with Gasteiger partial charge < -0.3 is 10.2 Å². The number of nitrogens with one attached hydrogen (secondary N) is 1. The highest BCUT2D eigenvalue weighted by Crippen LogP contribution is 2.13. The van der Waals surface area contributed by atoms with Gasteiger partial charge in [-0.1, -0.05) is 0 Å². The third-order valence-electron chi connectivity index (χ3n) is 2.45. The third kappa shape index (κ3) is 1.67. The molecule has 2 heterocycles. The molecule has 0 spiro atoms. The van der Waals surface area contributed by atoms with Crippen molar-refractivity contribution in [2.45, 2.75) is 25.7 Å². The largest absolute Gasteiger partial charge is 0.387 e. The van der Waals surface area contributed by atoms with E-state index in [2.05, 4.69) is 16.4 Å². The molecular weight excluding hydrogens is 136 g/mol. The van der Waals surface area contributed by atoms with Crippen molar-refractivity contribution in [1.29, 1.82) is 0 Å². The molecule has 62 valence electrons. The van der Waals surface area contributed by atoms with Gasteiger partial charge in [0, 0.05) is 31.5 Å². The third-order valence-corrected chi connectivity index (χ3v) is 2.45. The van der Waals surface area contributed by atoms with Gasteiger partial charge in [0.15, 0.2) is 0 Å². The summed E-state index contributed by atoms with van der Waals surface area (Å²) in [7, 11) is 0. The Bertz CT molecular complexity index is 149. The van der Waals surface area contributed by atoms with E-state index in [1.54, 1.807) is 0 Å². The number of nitrogens with zero attached hydrogens (tertiary/aromatic N) is 1. The minimum atomic E-state index is 1.18. The molecule has 2 nitrogen and oxygen atoms in total. The lowest BCUT2D eigenvalue weighted by molar-refractivity contribution is 0.461. The molecule has 0 aliphatic carbocycles. The van der Waals surface area contributed by atoms with Crippen molar-refractivity contribution in [2.75, 3.05) is 19.6 Å². The van der Waals surface area contributed by atoms with Gasteiger partial charge in [-0.15, -0.1) is 0 Å². The number of hydrogen-bond donors (Lipinski definition) is 1. The summed E-state index contributed by atoms with van der Waals surface area (Å²) in [5, 5.41) is 3.40. The minimum absolute atomic E-state index is 1.18. The first-order chi connectivity index (χ1) is 5.45. The summed E-state index contributed by atoms with van der Waals surface area (Å²) in [5.74, 6) is 0. The Labute approximate surface area is 68.3 Å². The molecule has 2 saturated heterocycles. The zero-order valence-electron chi connectivity index (χ0n) is 6.97. The Hall–Kier alpha value is -0.660. The summed E-state index contributed by atoms with van der Waals surface area (Å²) in [4.78, 5) is 2.44. The van der Waals surface area contributed by atoms with Crippen molar-refractivity contribution in [3.05, 3.63) is 11.9 Å². The predicted molar refractivity (Wildman–Crippen MR) is 46.1 cm³/mol. The van der Waals surface area contributed by atoms with Gasteiger partial charge >= 0.3 is 0 Å². The molecule has 0 aromatic carbocycles. The van der Waals surface area contributed by atoms with E-state index in [0.717, 1.165) is 0 Å². The smallest absolute Gasteiger partial charge is 0.0269 e. The van der Waals surface area contributed by atoms with Crippen LogP contribution in [0.15, 0.2) is 11.9 Å². The Morgan fingerprint density at radius 2 is 2.00 bits per heavy atom. The summed E-state index contributed by atoms with van der Waals surface area (Å²) in [6, 6.07) is 0. The fourth-order valence-electron chi connectivity index (χ4n) is 1.82. The quantitative estimate of drug-likeness (QED) is 0.609. The molecule has 11 heavy (non-hydrogen) atoms. The van der Waals surface area contributed by atoms with Gasteiger partial charge in [-0.3, -0.25) is 0 Å². The molecule has 0 aromatic rings. The number of allylic oxidation sites excluding steroid dienone is 1. The molecule has 0 unspecified atom stereocenters. The summed E-state index contributed by atoms with van der Waals surface area (Å²) < 4.78 is 0. The molecule has 1 N–H and O–H groups in total. The van der Waals surface area contributed by atoms with Crippen LogP contribution in [0.3, 0.4) is 0 Å². The van der Waals surface area contributed by atoms with Crippen molar-refractivity contribution in [3.63, 3.8) is 0 Å². The first kappa shape index (κ1) is 7.01. The molecule has 0 radical (unpaired) electrons. The highest BCUT2D eigenvalue weighted by atomic mass is 15.1. The standard InChI is InChI=1S/C9H16N2/c1-2-7-11(6-1)8-9-4-3-5-10-9/h8,10H,1-7H2. The van der Waals surface area contributed by atoms with Crippen LogP contribution >= 0.6 is 0 Å².